The molecule has 1 aromatic rings. The van der Waals surface area contributed by atoms with E-state index in [0.717, 1.165) is 63.5 Å². The highest BCUT2D eigenvalue weighted by molar-refractivity contribution is 5.08. The number of ether oxygens (including phenoxy) is 2. The van der Waals surface area contributed by atoms with Gasteiger partial charge in [-0.3, -0.25) is 4.90 Å². The number of hydrogen-bond acceptors (Lipinski definition) is 5. The molecule has 1 aromatic heterocycles. The fourth-order valence-electron chi connectivity index (χ4n) is 3.53. The van der Waals surface area contributed by atoms with Gasteiger partial charge in [-0.15, -0.1) is 0 Å². The van der Waals surface area contributed by atoms with Gasteiger partial charge in [0.1, 0.15) is 5.76 Å². The first-order chi connectivity index (χ1) is 10.6. The lowest BCUT2D eigenvalue weighted by Gasteiger charge is -2.45. The van der Waals surface area contributed by atoms with Crippen molar-refractivity contribution in [3.63, 3.8) is 0 Å². The predicted molar refractivity (Wildman–Crippen MR) is 83.8 cm³/mol. The summed E-state index contributed by atoms with van der Waals surface area (Å²) in [6.45, 7) is 7.61. The molecule has 0 radical (unpaired) electrons. The lowest BCUT2D eigenvalue weighted by atomic mass is 9.83. The summed E-state index contributed by atoms with van der Waals surface area (Å²) in [6.07, 6.45) is 4.24. The van der Waals surface area contributed by atoms with Crippen molar-refractivity contribution in [3.8, 4) is 0 Å². The second kappa shape index (κ2) is 6.69. The Labute approximate surface area is 132 Å². The lowest BCUT2D eigenvalue weighted by Crippen LogP contribution is -2.50. The quantitative estimate of drug-likeness (QED) is 0.856. The molecular formula is C17H28N2O3. The zero-order chi connectivity index (χ0) is 15.6. The standard InChI is InChI=1S/C17H28N2O3/c1-13(2)16-10-14(18-22-16)12-19(3)15-4-7-21-17(11-15)5-8-20-9-6-17/h10,13,15H,4-9,11-12H2,1-3H3. The molecule has 0 bridgehead atoms. The smallest absolute Gasteiger partial charge is 0.139 e. The summed E-state index contributed by atoms with van der Waals surface area (Å²) < 4.78 is 17.0. The van der Waals surface area contributed by atoms with Gasteiger partial charge in [0.05, 0.1) is 11.3 Å². The molecule has 3 heterocycles. The maximum atomic E-state index is 6.13. The minimum atomic E-state index is 0.0440. The Kier molecular flexibility index (Phi) is 4.85. The van der Waals surface area contributed by atoms with Crippen LogP contribution in [0.5, 0.6) is 0 Å². The van der Waals surface area contributed by atoms with E-state index in [4.69, 9.17) is 14.0 Å². The maximum absolute atomic E-state index is 6.13. The zero-order valence-corrected chi connectivity index (χ0v) is 14.0. The summed E-state index contributed by atoms with van der Waals surface area (Å²) in [5.41, 5.74) is 1.07. The molecule has 0 saturated carbocycles. The Morgan fingerprint density at radius 3 is 2.77 bits per heavy atom. The molecule has 0 amide bonds. The minimum absolute atomic E-state index is 0.0440. The summed E-state index contributed by atoms with van der Waals surface area (Å²) in [6, 6.07) is 2.64. The summed E-state index contributed by atoms with van der Waals surface area (Å²) in [5.74, 6) is 1.36. The second-order valence-electron chi connectivity index (χ2n) is 7.08. The van der Waals surface area contributed by atoms with Gasteiger partial charge in [-0.25, -0.2) is 0 Å². The van der Waals surface area contributed by atoms with Crippen molar-refractivity contribution in [3.05, 3.63) is 17.5 Å². The van der Waals surface area contributed by atoms with E-state index in [1.807, 2.05) is 0 Å². The Morgan fingerprint density at radius 1 is 1.32 bits per heavy atom. The van der Waals surface area contributed by atoms with Crippen LogP contribution in [-0.2, 0) is 16.0 Å². The van der Waals surface area contributed by atoms with E-state index in [-0.39, 0.29) is 5.60 Å². The van der Waals surface area contributed by atoms with Crippen molar-refractivity contribution in [1.82, 2.24) is 10.1 Å². The average Bonchev–Trinajstić information content (AvgIpc) is 2.97. The highest BCUT2D eigenvalue weighted by atomic mass is 16.5. The van der Waals surface area contributed by atoms with E-state index in [1.54, 1.807) is 0 Å². The molecule has 2 fully saturated rings. The van der Waals surface area contributed by atoms with Gasteiger partial charge in [0.25, 0.3) is 0 Å². The van der Waals surface area contributed by atoms with E-state index in [0.29, 0.717) is 12.0 Å². The van der Waals surface area contributed by atoms with Crippen molar-refractivity contribution in [2.24, 2.45) is 0 Å². The first kappa shape index (κ1) is 16.0. The van der Waals surface area contributed by atoms with E-state index >= 15 is 0 Å². The van der Waals surface area contributed by atoms with Crippen molar-refractivity contribution in [1.29, 1.82) is 0 Å². The number of aromatic nitrogens is 1. The van der Waals surface area contributed by atoms with Crippen molar-refractivity contribution < 1.29 is 14.0 Å². The highest BCUT2D eigenvalue weighted by Crippen LogP contribution is 2.36. The SMILES string of the molecule is CC(C)c1cc(CN(C)C2CCOC3(CCOCC3)C2)no1. The van der Waals surface area contributed by atoms with Crippen LogP contribution in [0.2, 0.25) is 0 Å². The predicted octanol–water partition coefficient (Wildman–Crippen LogP) is 2.96. The van der Waals surface area contributed by atoms with Gasteiger partial charge in [0.15, 0.2) is 0 Å². The van der Waals surface area contributed by atoms with Crippen molar-refractivity contribution in [2.75, 3.05) is 26.9 Å². The summed E-state index contributed by atoms with van der Waals surface area (Å²) in [7, 11) is 2.19. The van der Waals surface area contributed by atoms with Gasteiger partial charge in [0.2, 0.25) is 0 Å². The van der Waals surface area contributed by atoms with Crippen LogP contribution < -0.4 is 0 Å². The fraction of sp³-hybridized carbons (Fsp3) is 0.824. The first-order valence-corrected chi connectivity index (χ1v) is 8.45. The Morgan fingerprint density at radius 2 is 2.09 bits per heavy atom. The molecule has 1 spiro atoms. The first-order valence-electron chi connectivity index (χ1n) is 8.45. The van der Waals surface area contributed by atoms with Gasteiger partial charge >= 0.3 is 0 Å². The summed E-state index contributed by atoms with van der Waals surface area (Å²) in [5, 5.41) is 4.21. The number of hydrogen-bond donors (Lipinski definition) is 0. The molecule has 2 aliphatic rings. The zero-order valence-electron chi connectivity index (χ0n) is 14.0. The molecule has 0 aliphatic carbocycles. The molecular weight excluding hydrogens is 280 g/mol. The third kappa shape index (κ3) is 3.53. The molecule has 124 valence electrons. The largest absolute Gasteiger partial charge is 0.381 e. The minimum Gasteiger partial charge on any atom is -0.381 e. The van der Waals surface area contributed by atoms with E-state index in [9.17, 15) is 0 Å². The van der Waals surface area contributed by atoms with Crippen LogP contribution in [0.4, 0.5) is 0 Å². The second-order valence-corrected chi connectivity index (χ2v) is 7.08. The van der Waals surface area contributed by atoms with Gasteiger partial charge < -0.3 is 14.0 Å². The average molecular weight is 308 g/mol. The Bertz CT molecular complexity index is 474. The normalized spacial score (nSPS) is 25.2. The van der Waals surface area contributed by atoms with Crippen LogP contribution in [0.1, 0.15) is 56.9 Å². The number of rotatable bonds is 4. The summed E-state index contributed by atoms with van der Waals surface area (Å²) >= 11 is 0. The van der Waals surface area contributed by atoms with Crippen LogP contribution in [-0.4, -0.2) is 48.6 Å². The molecule has 1 unspecified atom stereocenters. The topological polar surface area (TPSA) is 47.7 Å². The van der Waals surface area contributed by atoms with E-state index in [2.05, 4.69) is 37.0 Å². The number of nitrogens with zero attached hydrogens (tertiary/aromatic N) is 2. The monoisotopic (exact) mass is 308 g/mol. The van der Waals surface area contributed by atoms with Crippen LogP contribution in [0.25, 0.3) is 0 Å². The molecule has 22 heavy (non-hydrogen) atoms. The summed E-state index contributed by atoms with van der Waals surface area (Å²) in [4.78, 5) is 2.40. The molecule has 0 N–H and O–H groups in total. The van der Waals surface area contributed by atoms with Crippen LogP contribution >= 0.6 is 0 Å². The van der Waals surface area contributed by atoms with Crippen molar-refractivity contribution >= 4 is 0 Å². The Hall–Kier alpha value is -0.910. The van der Waals surface area contributed by atoms with Gasteiger partial charge in [-0.2, -0.15) is 0 Å². The third-order valence-corrected chi connectivity index (χ3v) is 5.05. The van der Waals surface area contributed by atoms with Gasteiger partial charge in [0, 0.05) is 44.4 Å². The molecule has 5 heteroatoms. The third-order valence-electron chi connectivity index (χ3n) is 5.05. The van der Waals surface area contributed by atoms with E-state index in [1.165, 1.54) is 0 Å². The van der Waals surface area contributed by atoms with Crippen LogP contribution in [0.15, 0.2) is 10.6 Å². The molecule has 2 aliphatic heterocycles. The van der Waals surface area contributed by atoms with Crippen LogP contribution in [0.3, 0.4) is 0 Å². The molecule has 3 rings (SSSR count). The maximum Gasteiger partial charge on any atom is 0.139 e. The molecule has 5 nitrogen and oxygen atoms in total. The van der Waals surface area contributed by atoms with Gasteiger partial charge in [-0.1, -0.05) is 19.0 Å². The van der Waals surface area contributed by atoms with Crippen molar-refractivity contribution in [2.45, 2.75) is 63.6 Å². The van der Waals surface area contributed by atoms with Crippen LogP contribution in [0, 0.1) is 0 Å². The highest BCUT2D eigenvalue weighted by Gasteiger charge is 2.40. The lowest BCUT2D eigenvalue weighted by molar-refractivity contribution is -0.150. The fourth-order valence-corrected chi connectivity index (χ4v) is 3.53. The Balaban J connectivity index is 1.60. The molecule has 2 saturated heterocycles. The van der Waals surface area contributed by atoms with E-state index < -0.39 is 0 Å². The molecule has 1 atom stereocenters. The van der Waals surface area contributed by atoms with Gasteiger partial charge in [-0.05, 0) is 32.7 Å². The molecule has 0 aromatic carbocycles.